The molecule has 170 valence electrons. The van der Waals surface area contributed by atoms with Crippen molar-refractivity contribution in [1.29, 1.82) is 0 Å². The van der Waals surface area contributed by atoms with Crippen LogP contribution in [0.3, 0.4) is 0 Å². The molecule has 1 unspecified atom stereocenters. The Bertz CT molecular complexity index is 1180. The SMILES string of the molecule is COc1ccc(CC(=O)OC(C(=O)Nc2ccc(C)cc2[N+](=O)[O-])c2ccccc2)cc1F. The third-order valence-corrected chi connectivity index (χ3v) is 4.76. The van der Waals surface area contributed by atoms with Crippen LogP contribution in [-0.4, -0.2) is 23.9 Å². The van der Waals surface area contributed by atoms with Gasteiger partial charge in [0.25, 0.3) is 11.6 Å². The van der Waals surface area contributed by atoms with E-state index in [0.717, 1.165) is 6.07 Å². The Morgan fingerprint density at radius 2 is 1.82 bits per heavy atom. The van der Waals surface area contributed by atoms with Gasteiger partial charge in [-0.3, -0.25) is 19.7 Å². The molecule has 3 aromatic carbocycles. The van der Waals surface area contributed by atoms with E-state index in [2.05, 4.69) is 5.32 Å². The van der Waals surface area contributed by atoms with Crippen LogP contribution in [0.15, 0.2) is 66.7 Å². The van der Waals surface area contributed by atoms with Crippen LogP contribution in [0.1, 0.15) is 22.8 Å². The molecule has 9 heteroatoms. The summed E-state index contributed by atoms with van der Waals surface area (Å²) in [4.78, 5) is 36.4. The zero-order valence-corrected chi connectivity index (χ0v) is 17.9. The summed E-state index contributed by atoms with van der Waals surface area (Å²) in [6.45, 7) is 1.69. The van der Waals surface area contributed by atoms with Gasteiger partial charge >= 0.3 is 5.97 Å². The normalized spacial score (nSPS) is 11.4. The summed E-state index contributed by atoms with van der Waals surface area (Å²) in [5.41, 5.74) is 1.05. The smallest absolute Gasteiger partial charge is 0.311 e. The second kappa shape index (κ2) is 10.4. The summed E-state index contributed by atoms with van der Waals surface area (Å²) < 4.78 is 24.2. The highest BCUT2D eigenvalue weighted by atomic mass is 19.1. The van der Waals surface area contributed by atoms with Gasteiger partial charge in [-0.25, -0.2) is 4.39 Å². The summed E-state index contributed by atoms with van der Waals surface area (Å²) in [7, 11) is 1.33. The Labute approximate surface area is 189 Å². The van der Waals surface area contributed by atoms with Gasteiger partial charge in [0.2, 0.25) is 6.10 Å². The summed E-state index contributed by atoms with van der Waals surface area (Å²) >= 11 is 0. The van der Waals surface area contributed by atoms with Gasteiger partial charge in [0, 0.05) is 11.6 Å². The van der Waals surface area contributed by atoms with Crippen LogP contribution in [0.2, 0.25) is 0 Å². The quantitative estimate of drug-likeness (QED) is 0.306. The van der Waals surface area contributed by atoms with E-state index in [1.807, 2.05) is 0 Å². The number of amides is 1. The van der Waals surface area contributed by atoms with E-state index in [4.69, 9.17) is 9.47 Å². The van der Waals surface area contributed by atoms with Crippen molar-refractivity contribution in [3.05, 3.63) is 99.4 Å². The highest BCUT2D eigenvalue weighted by Gasteiger charge is 2.27. The van der Waals surface area contributed by atoms with Crippen molar-refractivity contribution < 1.29 is 28.4 Å². The molecule has 0 spiro atoms. The van der Waals surface area contributed by atoms with E-state index < -0.39 is 28.7 Å². The number of hydrogen-bond acceptors (Lipinski definition) is 6. The van der Waals surface area contributed by atoms with Crippen molar-refractivity contribution in [1.82, 2.24) is 0 Å². The molecule has 0 saturated carbocycles. The molecule has 0 aliphatic carbocycles. The molecule has 3 rings (SSSR count). The van der Waals surface area contributed by atoms with Gasteiger partial charge in [-0.1, -0.05) is 42.5 Å². The minimum absolute atomic E-state index is 0.0233. The van der Waals surface area contributed by atoms with E-state index in [0.29, 0.717) is 16.7 Å². The van der Waals surface area contributed by atoms with E-state index in [1.54, 1.807) is 43.3 Å². The second-order valence-electron chi connectivity index (χ2n) is 7.19. The van der Waals surface area contributed by atoms with E-state index >= 15 is 0 Å². The molecule has 0 bridgehead atoms. The van der Waals surface area contributed by atoms with Crippen molar-refractivity contribution in [3.8, 4) is 5.75 Å². The molecule has 0 fully saturated rings. The fraction of sp³-hybridized carbons (Fsp3) is 0.167. The van der Waals surface area contributed by atoms with E-state index in [1.165, 1.54) is 31.4 Å². The maximum absolute atomic E-state index is 13.9. The lowest BCUT2D eigenvalue weighted by atomic mass is 10.1. The van der Waals surface area contributed by atoms with Gasteiger partial charge in [-0.05, 0) is 36.2 Å². The second-order valence-corrected chi connectivity index (χ2v) is 7.19. The van der Waals surface area contributed by atoms with Crippen LogP contribution < -0.4 is 10.1 Å². The molecule has 1 amide bonds. The Morgan fingerprint density at radius 1 is 1.09 bits per heavy atom. The molecule has 3 aromatic rings. The van der Waals surface area contributed by atoms with Gasteiger partial charge in [0.1, 0.15) is 5.69 Å². The van der Waals surface area contributed by atoms with Crippen molar-refractivity contribution in [2.75, 3.05) is 12.4 Å². The number of aryl methyl sites for hydroxylation is 1. The van der Waals surface area contributed by atoms with Crippen molar-refractivity contribution in [2.24, 2.45) is 0 Å². The summed E-state index contributed by atoms with van der Waals surface area (Å²) in [5.74, 6) is -2.13. The van der Waals surface area contributed by atoms with Gasteiger partial charge in [-0.15, -0.1) is 0 Å². The molecule has 1 atom stereocenters. The minimum atomic E-state index is -1.37. The first-order chi connectivity index (χ1) is 15.8. The number of carbonyl (C=O) groups is 2. The highest BCUT2D eigenvalue weighted by Crippen LogP contribution is 2.28. The third kappa shape index (κ3) is 5.91. The predicted molar refractivity (Wildman–Crippen MR) is 118 cm³/mol. The van der Waals surface area contributed by atoms with Crippen LogP contribution in [-0.2, 0) is 20.7 Å². The van der Waals surface area contributed by atoms with Crippen LogP contribution >= 0.6 is 0 Å². The number of nitrogens with zero attached hydrogens (tertiary/aromatic N) is 1. The number of nitro benzene ring substituents is 1. The number of rotatable bonds is 8. The third-order valence-electron chi connectivity index (χ3n) is 4.76. The number of nitrogens with one attached hydrogen (secondary N) is 1. The lowest BCUT2D eigenvalue weighted by Crippen LogP contribution is -2.26. The highest BCUT2D eigenvalue weighted by molar-refractivity contribution is 5.97. The van der Waals surface area contributed by atoms with Crippen molar-refractivity contribution >= 4 is 23.3 Å². The Hall–Kier alpha value is -4.27. The van der Waals surface area contributed by atoms with Crippen LogP contribution in [0.5, 0.6) is 5.75 Å². The summed E-state index contributed by atoms with van der Waals surface area (Å²) in [6.07, 6.45) is -1.66. The average Bonchev–Trinajstić information content (AvgIpc) is 2.79. The monoisotopic (exact) mass is 452 g/mol. The maximum atomic E-state index is 13.9. The average molecular weight is 452 g/mol. The zero-order valence-electron chi connectivity index (χ0n) is 17.9. The van der Waals surface area contributed by atoms with E-state index in [9.17, 15) is 24.1 Å². The molecule has 0 aliphatic heterocycles. The maximum Gasteiger partial charge on any atom is 0.311 e. The number of benzene rings is 3. The largest absolute Gasteiger partial charge is 0.494 e. The van der Waals surface area contributed by atoms with Crippen LogP contribution in [0, 0.1) is 22.9 Å². The number of carbonyl (C=O) groups excluding carboxylic acids is 2. The first kappa shape index (κ1) is 23.4. The van der Waals surface area contributed by atoms with Gasteiger partial charge < -0.3 is 14.8 Å². The summed E-state index contributed by atoms with van der Waals surface area (Å²) in [5, 5.41) is 13.9. The molecule has 0 aliphatic rings. The molecular formula is C24H21FN2O6. The fourth-order valence-corrected chi connectivity index (χ4v) is 3.16. The van der Waals surface area contributed by atoms with Crippen LogP contribution in [0.4, 0.5) is 15.8 Å². The Balaban J connectivity index is 1.82. The molecule has 1 N–H and O–H groups in total. The van der Waals surface area contributed by atoms with Crippen LogP contribution in [0.25, 0.3) is 0 Å². The Morgan fingerprint density at radius 3 is 2.45 bits per heavy atom. The van der Waals surface area contributed by atoms with Crippen molar-refractivity contribution in [2.45, 2.75) is 19.4 Å². The zero-order chi connectivity index (χ0) is 24.0. The topological polar surface area (TPSA) is 108 Å². The lowest BCUT2D eigenvalue weighted by molar-refractivity contribution is -0.384. The van der Waals surface area contributed by atoms with E-state index in [-0.39, 0.29) is 23.5 Å². The molecule has 0 saturated heterocycles. The number of anilines is 1. The number of nitro groups is 1. The lowest BCUT2D eigenvalue weighted by Gasteiger charge is -2.18. The predicted octanol–water partition coefficient (Wildman–Crippen LogP) is 4.52. The molecule has 33 heavy (non-hydrogen) atoms. The Kier molecular flexibility index (Phi) is 7.34. The number of ether oxygens (including phenoxy) is 2. The summed E-state index contributed by atoms with van der Waals surface area (Å²) in [6, 6.07) is 16.6. The molecular weight excluding hydrogens is 431 g/mol. The fourth-order valence-electron chi connectivity index (χ4n) is 3.16. The van der Waals surface area contributed by atoms with Gasteiger partial charge in [0.05, 0.1) is 18.5 Å². The first-order valence-corrected chi connectivity index (χ1v) is 9.91. The minimum Gasteiger partial charge on any atom is -0.494 e. The molecule has 0 aromatic heterocycles. The van der Waals surface area contributed by atoms with Gasteiger partial charge in [0.15, 0.2) is 11.6 Å². The first-order valence-electron chi connectivity index (χ1n) is 9.91. The van der Waals surface area contributed by atoms with Gasteiger partial charge in [-0.2, -0.15) is 0 Å². The number of hydrogen-bond donors (Lipinski definition) is 1. The van der Waals surface area contributed by atoms with Crippen molar-refractivity contribution in [3.63, 3.8) is 0 Å². The molecule has 0 heterocycles. The molecule has 8 nitrogen and oxygen atoms in total. The number of esters is 1. The molecule has 0 radical (unpaired) electrons. The number of halogens is 1. The number of methoxy groups -OCH3 is 1. The standard InChI is InChI=1S/C24H21FN2O6/c1-15-8-10-19(20(12-15)27(30)31)26-24(29)23(17-6-4-3-5-7-17)33-22(28)14-16-9-11-21(32-2)18(25)13-16/h3-13,23H,14H2,1-2H3,(H,26,29).